The van der Waals surface area contributed by atoms with Gasteiger partial charge in [0.05, 0.1) is 22.4 Å². The third-order valence-electron chi connectivity index (χ3n) is 5.46. The Bertz CT molecular complexity index is 739. The molecule has 0 spiro atoms. The first-order valence-corrected chi connectivity index (χ1v) is 9.55. The second-order valence-electron chi connectivity index (χ2n) is 7.39. The maximum atomic E-state index is 12.5. The molecule has 0 atom stereocenters. The minimum Gasteiger partial charge on any atom is -0.376 e. The number of fused-ring (bicyclic) bond motifs is 1. The molecule has 1 aliphatic carbocycles. The lowest BCUT2D eigenvalue weighted by molar-refractivity contribution is -0.120. The molecule has 136 valence electrons. The summed E-state index contributed by atoms with van der Waals surface area (Å²) in [5, 5.41) is 3.14. The van der Waals surface area contributed by atoms with E-state index in [4.69, 9.17) is 4.98 Å². The molecule has 1 amide bonds. The number of hydrogen-bond acceptors (Lipinski definition) is 3. The molecule has 5 nitrogen and oxygen atoms in total. The van der Waals surface area contributed by atoms with Gasteiger partial charge in [-0.3, -0.25) is 4.79 Å². The fraction of sp³-hybridized carbons (Fsp3) is 0.600. The number of H-pyrrole nitrogens is 1. The van der Waals surface area contributed by atoms with Crippen LogP contribution in [-0.4, -0.2) is 30.0 Å². The summed E-state index contributed by atoms with van der Waals surface area (Å²) in [6, 6.07) is 4.11. The van der Waals surface area contributed by atoms with Gasteiger partial charge in [0.2, 0.25) is 5.91 Å². The van der Waals surface area contributed by atoms with Crippen molar-refractivity contribution in [3.8, 4) is 0 Å². The van der Waals surface area contributed by atoms with E-state index in [0.29, 0.717) is 5.92 Å². The number of carbonyl (C=O) groups excluding carboxylic acids is 1. The first kappa shape index (κ1) is 17.8. The molecule has 1 aromatic heterocycles. The molecule has 1 aromatic carbocycles. The number of hydrogen-bond donors (Lipinski definition) is 2. The fourth-order valence-corrected chi connectivity index (χ4v) is 3.82. The maximum absolute atomic E-state index is 12.5. The smallest absolute Gasteiger partial charge is 0.227 e. The zero-order valence-electron chi connectivity index (χ0n) is 15.9. The van der Waals surface area contributed by atoms with Crippen molar-refractivity contribution >= 4 is 28.3 Å². The molecule has 0 aliphatic heterocycles. The Labute approximate surface area is 150 Å². The van der Waals surface area contributed by atoms with E-state index < -0.39 is 0 Å². The van der Waals surface area contributed by atoms with Crippen molar-refractivity contribution in [2.45, 2.75) is 58.3 Å². The normalized spacial score (nSPS) is 15.2. The number of nitrogens with zero attached hydrogens (tertiary/aromatic N) is 2. The lowest BCUT2D eigenvalue weighted by Crippen LogP contribution is -2.23. The topological polar surface area (TPSA) is 61.0 Å². The lowest BCUT2D eigenvalue weighted by Gasteiger charge is -2.20. The van der Waals surface area contributed by atoms with E-state index in [-0.39, 0.29) is 11.8 Å². The fourth-order valence-electron chi connectivity index (χ4n) is 3.82. The molecule has 1 heterocycles. The Kier molecular flexibility index (Phi) is 5.30. The van der Waals surface area contributed by atoms with Crippen LogP contribution in [0.15, 0.2) is 12.1 Å². The molecule has 2 N–H and O–H groups in total. The van der Waals surface area contributed by atoms with Crippen molar-refractivity contribution in [1.82, 2.24) is 9.97 Å². The van der Waals surface area contributed by atoms with Gasteiger partial charge in [-0.15, -0.1) is 0 Å². The second kappa shape index (κ2) is 7.46. The Morgan fingerprint density at radius 2 is 1.96 bits per heavy atom. The largest absolute Gasteiger partial charge is 0.376 e. The number of carbonyl (C=O) groups is 1. The zero-order valence-corrected chi connectivity index (χ0v) is 15.9. The third kappa shape index (κ3) is 3.65. The van der Waals surface area contributed by atoms with Gasteiger partial charge in [-0.05, 0) is 37.8 Å². The predicted octanol–water partition coefficient (Wildman–Crippen LogP) is 4.66. The van der Waals surface area contributed by atoms with Crippen LogP contribution in [0.3, 0.4) is 0 Å². The molecule has 0 saturated heterocycles. The lowest BCUT2D eigenvalue weighted by atomic mass is 10.0. The SMILES string of the molecule is CCC(CC)C(=O)Nc1cc2[nH]c(C3CCCC3)nc2cc1N(C)C. The molecule has 25 heavy (non-hydrogen) atoms. The standard InChI is InChI=1S/C20H30N4O/c1-5-13(6-2)20(25)23-17-11-15-16(12-18(17)24(3)4)22-19(21-15)14-9-7-8-10-14/h11-14H,5-10H2,1-4H3,(H,21,22)(H,23,25). The number of anilines is 2. The molecule has 1 aliphatic rings. The molecule has 1 fully saturated rings. The van der Waals surface area contributed by atoms with Crippen LogP contribution in [0.1, 0.15) is 64.1 Å². The van der Waals surface area contributed by atoms with Gasteiger partial charge in [-0.1, -0.05) is 26.7 Å². The monoisotopic (exact) mass is 342 g/mol. The van der Waals surface area contributed by atoms with Crippen LogP contribution in [0, 0.1) is 5.92 Å². The third-order valence-corrected chi connectivity index (χ3v) is 5.46. The highest BCUT2D eigenvalue weighted by Gasteiger charge is 2.22. The van der Waals surface area contributed by atoms with Crippen molar-refractivity contribution in [2.75, 3.05) is 24.3 Å². The summed E-state index contributed by atoms with van der Waals surface area (Å²) in [4.78, 5) is 22.9. The molecule has 0 unspecified atom stereocenters. The van der Waals surface area contributed by atoms with Gasteiger partial charge in [0.1, 0.15) is 5.82 Å². The molecule has 5 heteroatoms. The Morgan fingerprint density at radius 3 is 2.56 bits per heavy atom. The number of aromatic nitrogens is 2. The number of rotatable bonds is 6. The van der Waals surface area contributed by atoms with Gasteiger partial charge >= 0.3 is 0 Å². The van der Waals surface area contributed by atoms with Crippen molar-refractivity contribution in [2.24, 2.45) is 5.92 Å². The van der Waals surface area contributed by atoms with Crippen LogP contribution in [0.5, 0.6) is 0 Å². The summed E-state index contributed by atoms with van der Waals surface area (Å²) in [6.45, 7) is 4.12. The summed E-state index contributed by atoms with van der Waals surface area (Å²) < 4.78 is 0. The minimum atomic E-state index is 0.0570. The number of nitrogens with one attached hydrogen (secondary N) is 2. The van der Waals surface area contributed by atoms with Crippen molar-refractivity contribution in [1.29, 1.82) is 0 Å². The van der Waals surface area contributed by atoms with E-state index in [0.717, 1.165) is 41.1 Å². The average Bonchev–Trinajstić information content (AvgIpc) is 3.24. The zero-order chi connectivity index (χ0) is 18.0. The second-order valence-corrected chi connectivity index (χ2v) is 7.39. The van der Waals surface area contributed by atoms with Gasteiger partial charge in [0, 0.05) is 25.9 Å². The average molecular weight is 342 g/mol. The van der Waals surface area contributed by atoms with Crippen molar-refractivity contribution < 1.29 is 4.79 Å². The number of aromatic amines is 1. The highest BCUT2D eigenvalue weighted by atomic mass is 16.1. The van der Waals surface area contributed by atoms with E-state index in [1.54, 1.807) is 0 Å². The van der Waals surface area contributed by atoms with Crippen LogP contribution in [0.25, 0.3) is 11.0 Å². The molecular weight excluding hydrogens is 312 g/mol. The van der Waals surface area contributed by atoms with Crippen LogP contribution < -0.4 is 10.2 Å². The molecule has 0 bridgehead atoms. The summed E-state index contributed by atoms with van der Waals surface area (Å²) >= 11 is 0. The summed E-state index contributed by atoms with van der Waals surface area (Å²) in [7, 11) is 4.00. The van der Waals surface area contributed by atoms with Crippen LogP contribution >= 0.6 is 0 Å². The maximum Gasteiger partial charge on any atom is 0.227 e. The minimum absolute atomic E-state index is 0.0570. The Hall–Kier alpha value is -2.04. The van der Waals surface area contributed by atoms with Crippen molar-refractivity contribution in [3.05, 3.63) is 18.0 Å². The summed E-state index contributed by atoms with van der Waals surface area (Å²) in [6.07, 6.45) is 6.75. The summed E-state index contributed by atoms with van der Waals surface area (Å²) in [5.41, 5.74) is 3.84. The number of imidazole rings is 1. The number of amides is 1. The van der Waals surface area contributed by atoms with E-state index in [1.807, 2.05) is 25.1 Å². The molecule has 1 saturated carbocycles. The van der Waals surface area contributed by atoms with E-state index in [9.17, 15) is 4.79 Å². The van der Waals surface area contributed by atoms with Gasteiger partial charge in [-0.25, -0.2) is 4.98 Å². The highest BCUT2D eigenvalue weighted by Crippen LogP contribution is 2.35. The first-order valence-electron chi connectivity index (χ1n) is 9.55. The van der Waals surface area contributed by atoms with Gasteiger partial charge < -0.3 is 15.2 Å². The molecular formula is C20H30N4O. The first-order chi connectivity index (χ1) is 12.0. The van der Waals surface area contributed by atoms with Crippen molar-refractivity contribution in [3.63, 3.8) is 0 Å². The van der Waals surface area contributed by atoms with Gasteiger partial charge in [-0.2, -0.15) is 0 Å². The van der Waals surface area contributed by atoms with E-state index in [1.165, 1.54) is 25.7 Å². The summed E-state index contributed by atoms with van der Waals surface area (Å²) in [5.74, 6) is 1.81. The highest BCUT2D eigenvalue weighted by molar-refractivity contribution is 5.99. The van der Waals surface area contributed by atoms with Gasteiger partial charge in [0.25, 0.3) is 0 Å². The Balaban J connectivity index is 1.95. The van der Waals surface area contributed by atoms with E-state index in [2.05, 4.69) is 30.2 Å². The number of benzene rings is 1. The van der Waals surface area contributed by atoms with E-state index >= 15 is 0 Å². The van der Waals surface area contributed by atoms with Gasteiger partial charge in [0.15, 0.2) is 0 Å². The molecule has 0 radical (unpaired) electrons. The van der Waals surface area contributed by atoms with Crippen LogP contribution in [-0.2, 0) is 4.79 Å². The van der Waals surface area contributed by atoms with Crippen LogP contribution in [0.4, 0.5) is 11.4 Å². The molecule has 3 rings (SSSR count). The predicted molar refractivity (Wildman–Crippen MR) is 104 cm³/mol. The van der Waals surface area contributed by atoms with Crippen LogP contribution in [0.2, 0.25) is 0 Å². The quantitative estimate of drug-likeness (QED) is 0.802. The molecule has 2 aromatic rings. The Morgan fingerprint density at radius 1 is 1.28 bits per heavy atom.